The highest BCUT2D eigenvalue weighted by Crippen LogP contribution is 2.42. The minimum atomic E-state index is -3.80. The minimum Gasteiger partial charge on any atom is -0.408 e. The molecule has 2 saturated heterocycles. The standard InChI is InChI=1S/C32H35N5O4S/c1-21-34-28-9-5-6-10-30(28)37(21)26-17-24-11-12-25(18-26)36(24)16-15-23(22-7-3-2-4-8-22)20-33-42(39,40)27-13-14-29-31(19-27)41-32(38)35-29/h2-10,13-14,19,23-26,33H,11-12,15-18,20H2,1H3,(H,35,38)/t23?,24-,25+,26+. The largest absolute Gasteiger partial charge is 0.417 e. The number of nitrogens with zero attached hydrogens (tertiary/aromatic N) is 3. The summed E-state index contributed by atoms with van der Waals surface area (Å²) in [5.41, 5.74) is 4.10. The lowest BCUT2D eigenvalue weighted by Crippen LogP contribution is -2.44. The topological polar surface area (TPSA) is 113 Å². The number of hydrogen-bond acceptors (Lipinski definition) is 6. The first-order valence-corrected chi connectivity index (χ1v) is 16.2. The zero-order valence-corrected chi connectivity index (χ0v) is 24.4. The van der Waals surface area contributed by atoms with Crippen LogP contribution in [0, 0.1) is 6.92 Å². The van der Waals surface area contributed by atoms with Crippen LogP contribution in [0.3, 0.4) is 0 Å². The predicted octanol–water partition coefficient (Wildman–Crippen LogP) is 5.10. The second-order valence-corrected chi connectivity index (χ2v) is 13.5. The Balaban J connectivity index is 1.05. The molecule has 0 amide bonds. The smallest absolute Gasteiger partial charge is 0.408 e. The minimum absolute atomic E-state index is 0.0202. The van der Waals surface area contributed by atoms with Gasteiger partial charge in [-0.25, -0.2) is 22.9 Å². The van der Waals surface area contributed by atoms with E-state index in [0.717, 1.165) is 42.7 Å². The van der Waals surface area contributed by atoms with E-state index in [9.17, 15) is 13.2 Å². The first-order valence-electron chi connectivity index (χ1n) is 14.7. The van der Waals surface area contributed by atoms with Gasteiger partial charge in [0.25, 0.3) is 0 Å². The molecule has 0 aliphatic carbocycles. The van der Waals surface area contributed by atoms with Crippen molar-refractivity contribution < 1.29 is 12.8 Å². The highest BCUT2D eigenvalue weighted by atomic mass is 32.2. The fourth-order valence-corrected chi connectivity index (χ4v) is 8.35. The SMILES string of the molecule is Cc1nc2ccccc2n1[C@H]1C[C@H]2CC[C@@H](C1)N2CCC(CNS(=O)(=O)c1ccc2[nH]c(=O)oc2c1)c1ccccc1. The number of oxazole rings is 1. The first kappa shape index (κ1) is 27.1. The van der Waals surface area contributed by atoms with Gasteiger partial charge in [0.2, 0.25) is 10.0 Å². The number of aromatic nitrogens is 3. The summed E-state index contributed by atoms with van der Waals surface area (Å²) in [6.45, 7) is 3.33. The van der Waals surface area contributed by atoms with E-state index in [1.54, 1.807) is 6.07 Å². The molecular weight excluding hydrogens is 550 g/mol. The van der Waals surface area contributed by atoms with Crippen LogP contribution in [0.4, 0.5) is 0 Å². The van der Waals surface area contributed by atoms with Crippen LogP contribution in [0.1, 0.15) is 55.5 Å². The average Bonchev–Trinajstić information content (AvgIpc) is 3.61. The van der Waals surface area contributed by atoms with Gasteiger partial charge in [0, 0.05) is 30.7 Å². The Labute approximate surface area is 244 Å². The molecule has 42 heavy (non-hydrogen) atoms. The maximum Gasteiger partial charge on any atom is 0.417 e. The van der Waals surface area contributed by atoms with Crippen LogP contribution in [0.2, 0.25) is 0 Å². The van der Waals surface area contributed by atoms with E-state index in [4.69, 9.17) is 9.40 Å². The number of fused-ring (bicyclic) bond motifs is 4. The highest BCUT2D eigenvalue weighted by molar-refractivity contribution is 7.89. The lowest BCUT2D eigenvalue weighted by atomic mass is 9.93. The molecule has 3 aromatic carbocycles. The molecule has 1 unspecified atom stereocenters. The van der Waals surface area contributed by atoms with Gasteiger partial charge in [-0.3, -0.25) is 9.88 Å². The zero-order valence-electron chi connectivity index (χ0n) is 23.6. The number of aryl methyl sites for hydroxylation is 1. The van der Waals surface area contributed by atoms with Gasteiger partial charge in [0.05, 0.1) is 21.4 Å². The van der Waals surface area contributed by atoms with E-state index in [1.807, 2.05) is 18.2 Å². The van der Waals surface area contributed by atoms with E-state index >= 15 is 0 Å². The van der Waals surface area contributed by atoms with Gasteiger partial charge in [-0.2, -0.15) is 0 Å². The summed E-state index contributed by atoms with van der Waals surface area (Å²) < 4.78 is 36.9. The van der Waals surface area contributed by atoms with Gasteiger partial charge in [-0.05, 0) is 81.3 Å². The summed E-state index contributed by atoms with van der Waals surface area (Å²) in [6, 6.07) is 24.5. The van der Waals surface area contributed by atoms with Gasteiger partial charge >= 0.3 is 5.76 Å². The summed E-state index contributed by atoms with van der Waals surface area (Å²) in [5, 5.41) is 0. The van der Waals surface area contributed by atoms with Crippen LogP contribution < -0.4 is 10.5 Å². The summed E-state index contributed by atoms with van der Waals surface area (Å²) in [7, 11) is -3.80. The van der Waals surface area contributed by atoms with E-state index in [2.05, 4.69) is 62.5 Å². The van der Waals surface area contributed by atoms with Gasteiger partial charge in [0.1, 0.15) is 5.82 Å². The lowest BCUT2D eigenvalue weighted by Gasteiger charge is -2.40. The van der Waals surface area contributed by atoms with E-state index in [1.165, 1.54) is 30.5 Å². The molecule has 7 rings (SSSR count). The summed E-state index contributed by atoms with van der Waals surface area (Å²) >= 11 is 0. The molecule has 2 N–H and O–H groups in total. The number of sulfonamides is 1. The Bertz CT molecular complexity index is 1880. The van der Waals surface area contributed by atoms with Crippen molar-refractivity contribution in [2.24, 2.45) is 0 Å². The fraction of sp³-hybridized carbons (Fsp3) is 0.375. The van der Waals surface area contributed by atoms with Gasteiger partial charge in [0.15, 0.2) is 5.58 Å². The highest BCUT2D eigenvalue weighted by Gasteiger charge is 2.41. The Morgan fingerprint density at radius 1 is 1.00 bits per heavy atom. The third-order valence-corrected chi connectivity index (χ3v) is 10.6. The number of para-hydroxylation sites is 2. The van der Waals surface area contributed by atoms with Crippen LogP contribution in [0.15, 0.2) is 86.9 Å². The molecule has 2 aliphatic rings. The Morgan fingerprint density at radius 3 is 2.52 bits per heavy atom. The maximum atomic E-state index is 13.2. The number of piperidine rings is 1. The van der Waals surface area contributed by atoms with Crippen LogP contribution >= 0.6 is 0 Å². The number of H-pyrrole nitrogens is 1. The molecule has 2 fully saturated rings. The molecule has 0 spiro atoms. The molecule has 0 radical (unpaired) electrons. The van der Waals surface area contributed by atoms with Crippen molar-refractivity contribution in [3.05, 3.63) is 94.7 Å². The van der Waals surface area contributed by atoms with Crippen molar-refractivity contribution >= 4 is 32.2 Å². The second-order valence-electron chi connectivity index (χ2n) is 11.7. The summed E-state index contributed by atoms with van der Waals surface area (Å²) in [5.74, 6) is 0.498. The molecular formula is C32H35N5O4S. The van der Waals surface area contributed by atoms with Crippen molar-refractivity contribution in [1.29, 1.82) is 0 Å². The number of imidazole rings is 1. The molecule has 2 aromatic heterocycles. The molecule has 2 aliphatic heterocycles. The van der Waals surface area contributed by atoms with E-state index < -0.39 is 15.8 Å². The molecule has 4 heterocycles. The number of hydrogen-bond donors (Lipinski definition) is 2. The van der Waals surface area contributed by atoms with Crippen LogP contribution in [0.5, 0.6) is 0 Å². The van der Waals surface area contributed by atoms with E-state index in [-0.39, 0.29) is 22.9 Å². The molecule has 4 atom stereocenters. The third kappa shape index (κ3) is 5.08. The number of rotatable bonds is 9. The molecule has 9 nitrogen and oxygen atoms in total. The molecule has 218 valence electrons. The van der Waals surface area contributed by atoms with Crippen molar-refractivity contribution in [3.8, 4) is 0 Å². The summed E-state index contributed by atoms with van der Waals surface area (Å²) in [4.78, 5) is 21.6. The summed E-state index contributed by atoms with van der Waals surface area (Å²) in [6.07, 6.45) is 5.47. The van der Waals surface area contributed by atoms with Gasteiger partial charge < -0.3 is 8.98 Å². The van der Waals surface area contributed by atoms with Crippen LogP contribution in [-0.4, -0.2) is 53.0 Å². The Kier molecular flexibility index (Phi) is 7.00. The molecule has 5 aromatic rings. The van der Waals surface area contributed by atoms with Crippen molar-refractivity contribution in [3.63, 3.8) is 0 Å². The molecule has 10 heteroatoms. The van der Waals surface area contributed by atoms with Crippen molar-refractivity contribution in [2.45, 2.75) is 68.0 Å². The van der Waals surface area contributed by atoms with Crippen LogP contribution in [-0.2, 0) is 10.0 Å². The Hall–Kier alpha value is -3.73. The van der Waals surface area contributed by atoms with Crippen molar-refractivity contribution in [1.82, 2.24) is 24.2 Å². The number of aromatic amines is 1. The fourth-order valence-electron chi connectivity index (χ4n) is 7.25. The number of nitrogens with one attached hydrogen (secondary N) is 2. The quantitative estimate of drug-likeness (QED) is 0.249. The number of benzene rings is 3. The monoisotopic (exact) mass is 585 g/mol. The van der Waals surface area contributed by atoms with Crippen LogP contribution in [0.25, 0.3) is 22.1 Å². The van der Waals surface area contributed by atoms with E-state index in [0.29, 0.717) is 23.6 Å². The Morgan fingerprint density at radius 2 is 1.74 bits per heavy atom. The predicted molar refractivity (Wildman–Crippen MR) is 162 cm³/mol. The average molecular weight is 586 g/mol. The van der Waals surface area contributed by atoms with Gasteiger partial charge in [-0.1, -0.05) is 42.5 Å². The van der Waals surface area contributed by atoms with Gasteiger partial charge in [-0.15, -0.1) is 0 Å². The maximum absolute atomic E-state index is 13.2. The van der Waals surface area contributed by atoms with Crippen molar-refractivity contribution in [2.75, 3.05) is 13.1 Å². The third-order valence-electron chi connectivity index (χ3n) is 9.23. The normalized spacial score (nSPS) is 21.8. The molecule has 0 saturated carbocycles. The first-order chi connectivity index (χ1) is 20.4. The molecule has 2 bridgehead atoms. The lowest BCUT2D eigenvalue weighted by molar-refractivity contribution is 0.104. The zero-order chi connectivity index (χ0) is 28.8. The second kappa shape index (κ2) is 10.8.